The molecule has 0 aliphatic heterocycles. The topological polar surface area (TPSA) is 36.9 Å². The molecule has 2 aromatic heterocycles. The quantitative estimate of drug-likeness (QED) is 0.828. The second kappa shape index (κ2) is 4.35. The molecule has 0 aliphatic carbocycles. The van der Waals surface area contributed by atoms with E-state index < -0.39 is 0 Å². The van der Waals surface area contributed by atoms with Crippen LogP contribution in [0.5, 0.6) is 0 Å². The fraction of sp³-hybridized carbons (Fsp3) is 0.455. The number of aromatic amines is 1. The number of nitrogens with zero attached hydrogens (tertiary/aromatic N) is 3. The Morgan fingerprint density at radius 2 is 2.19 bits per heavy atom. The minimum absolute atomic E-state index is 0.745. The third-order valence-corrected chi connectivity index (χ3v) is 2.85. The normalized spacial score (nSPS) is 11.5. The summed E-state index contributed by atoms with van der Waals surface area (Å²) < 4.78 is 2.80. The molecule has 0 aromatic carbocycles. The highest BCUT2D eigenvalue weighted by Crippen LogP contribution is 2.12. The summed E-state index contributed by atoms with van der Waals surface area (Å²) in [5, 5.41) is 0. The van der Waals surface area contributed by atoms with Crippen molar-refractivity contribution in [3.05, 3.63) is 22.6 Å². The molecule has 2 rings (SSSR count). The Kier molecular flexibility index (Phi) is 3.07. The standard InChI is InChI=1S/C11H16N4S/c1-8-4-5-9-10(12-8)15(11(16)13-9)7-6-14(2)3/h4-5H,6-7H2,1-3H3,(H,13,16). The van der Waals surface area contributed by atoms with Gasteiger partial charge in [-0.2, -0.15) is 0 Å². The average Bonchev–Trinajstić information content (AvgIpc) is 2.51. The molecule has 0 amide bonds. The smallest absolute Gasteiger partial charge is 0.179 e. The van der Waals surface area contributed by atoms with Gasteiger partial charge in [0, 0.05) is 18.8 Å². The van der Waals surface area contributed by atoms with Gasteiger partial charge < -0.3 is 14.5 Å². The number of fused-ring (bicyclic) bond motifs is 1. The molecule has 86 valence electrons. The van der Waals surface area contributed by atoms with Gasteiger partial charge in [-0.3, -0.25) is 0 Å². The van der Waals surface area contributed by atoms with Crippen LogP contribution in [0.15, 0.2) is 12.1 Å². The van der Waals surface area contributed by atoms with Crippen molar-refractivity contribution in [2.75, 3.05) is 20.6 Å². The minimum Gasteiger partial charge on any atom is -0.329 e. The van der Waals surface area contributed by atoms with E-state index in [9.17, 15) is 0 Å². The summed E-state index contributed by atoms with van der Waals surface area (Å²) in [5.41, 5.74) is 2.97. The van der Waals surface area contributed by atoms with E-state index in [1.54, 1.807) is 0 Å². The van der Waals surface area contributed by atoms with E-state index in [4.69, 9.17) is 12.2 Å². The monoisotopic (exact) mass is 236 g/mol. The van der Waals surface area contributed by atoms with Crippen molar-refractivity contribution in [3.63, 3.8) is 0 Å². The fourth-order valence-corrected chi connectivity index (χ4v) is 1.92. The zero-order valence-corrected chi connectivity index (χ0v) is 10.6. The number of nitrogens with one attached hydrogen (secondary N) is 1. The summed E-state index contributed by atoms with van der Waals surface area (Å²) in [4.78, 5) is 9.83. The van der Waals surface area contributed by atoms with Crippen molar-refractivity contribution < 1.29 is 0 Å². The molecule has 0 saturated carbocycles. The first-order valence-corrected chi connectivity index (χ1v) is 5.69. The summed E-state index contributed by atoms with van der Waals surface area (Å²) in [6, 6.07) is 4.02. The maximum Gasteiger partial charge on any atom is 0.179 e. The van der Waals surface area contributed by atoms with Crippen molar-refractivity contribution in [2.45, 2.75) is 13.5 Å². The van der Waals surface area contributed by atoms with Crippen LogP contribution in [0.2, 0.25) is 0 Å². The second-order valence-corrected chi connectivity index (χ2v) is 4.60. The van der Waals surface area contributed by atoms with E-state index in [1.165, 1.54) is 0 Å². The van der Waals surface area contributed by atoms with Crippen LogP contribution < -0.4 is 0 Å². The van der Waals surface area contributed by atoms with E-state index in [-0.39, 0.29) is 0 Å². The Balaban J connectivity index is 2.46. The lowest BCUT2D eigenvalue weighted by molar-refractivity contribution is 0.385. The van der Waals surface area contributed by atoms with Gasteiger partial charge in [0.1, 0.15) is 0 Å². The lowest BCUT2D eigenvalue weighted by Gasteiger charge is -2.10. The number of rotatable bonds is 3. The van der Waals surface area contributed by atoms with Gasteiger partial charge in [-0.15, -0.1) is 0 Å². The van der Waals surface area contributed by atoms with Crippen molar-refractivity contribution in [2.24, 2.45) is 0 Å². The highest BCUT2D eigenvalue weighted by atomic mass is 32.1. The number of H-pyrrole nitrogens is 1. The number of hydrogen-bond acceptors (Lipinski definition) is 3. The Morgan fingerprint density at radius 1 is 1.44 bits per heavy atom. The highest BCUT2D eigenvalue weighted by Gasteiger charge is 2.05. The van der Waals surface area contributed by atoms with Gasteiger partial charge in [0.05, 0.1) is 5.52 Å². The summed E-state index contributed by atoms with van der Waals surface area (Å²) >= 11 is 5.30. The summed E-state index contributed by atoms with van der Waals surface area (Å²) in [6.45, 7) is 3.81. The lowest BCUT2D eigenvalue weighted by Crippen LogP contribution is -2.18. The zero-order valence-electron chi connectivity index (χ0n) is 9.82. The van der Waals surface area contributed by atoms with E-state index in [0.29, 0.717) is 0 Å². The molecule has 0 atom stereocenters. The van der Waals surface area contributed by atoms with Gasteiger partial charge in [-0.25, -0.2) is 4.98 Å². The maximum atomic E-state index is 5.30. The molecule has 0 aliphatic rings. The Labute approximate surface area is 99.9 Å². The number of aryl methyl sites for hydroxylation is 1. The Hall–Kier alpha value is -1.20. The number of aromatic nitrogens is 3. The van der Waals surface area contributed by atoms with Crippen LogP contribution in [0.4, 0.5) is 0 Å². The summed E-state index contributed by atoms with van der Waals surface area (Å²) in [5.74, 6) is 0. The predicted molar refractivity (Wildman–Crippen MR) is 68.2 cm³/mol. The molecule has 2 heterocycles. The Bertz CT molecular complexity index is 553. The van der Waals surface area contributed by atoms with Crippen molar-refractivity contribution in [3.8, 4) is 0 Å². The molecule has 4 nitrogen and oxygen atoms in total. The molecule has 2 aromatic rings. The molecule has 0 bridgehead atoms. The SMILES string of the molecule is Cc1ccc2[nH]c(=S)n(CCN(C)C)c2n1. The lowest BCUT2D eigenvalue weighted by atomic mass is 10.3. The first-order chi connectivity index (χ1) is 7.58. The number of pyridine rings is 1. The van der Waals surface area contributed by atoms with Crippen LogP contribution in [0, 0.1) is 11.7 Å². The molecule has 0 radical (unpaired) electrons. The fourth-order valence-electron chi connectivity index (χ4n) is 1.63. The largest absolute Gasteiger partial charge is 0.329 e. The van der Waals surface area contributed by atoms with Gasteiger partial charge in [-0.05, 0) is 45.4 Å². The first kappa shape index (κ1) is 11.3. The highest BCUT2D eigenvalue weighted by molar-refractivity contribution is 7.71. The zero-order chi connectivity index (χ0) is 11.7. The van der Waals surface area contributed by atoms with Crippen LogP contribution in [0.25, 0.3) is 11.2 Å². The average molecular weight is 236 g/mol. The van der Waals surface area contributed by atoms with Gasteiger partial charge in [0.2, 0.25) is 0 Å². The van der Waals surface area contributed by atoms with Gasteiger partial charge in [-0.1, -0.05) is 0 Å². The maximum absolute atomic E-state index is 5.30. The van der Waals surface area contributed by atoms with Gasteiger partial charge in [0.15, 0.2) is 10.4 Å². The number of imidazole rings is 1. The second-order valence-electron chi connectivity index (χ2n) is 4.21. The molecule has 0 fully saturated rings. The van der Waals surface area contributed by atoms with Gasteiger partial charge in [0.25, 0.3) is 0 Å². The number of hydrogen-bond donors (Lipinski definition) is 1. The third-order valence-electron chi connectivity index (χ3n) is 2.53. The van der Waals surface area contributed by atoms with Crippen molar-refractivity contribution in [1.29, 1.82) is 0 Å². The molecule has 0 spiro atoms. The van der Waals surface area contributed by atoms with Crippen molar-refractivity contribution in [1.82, 2.24) is 19.4 Å². The van der Waals surface area contributed by atoms with Crippen molar-refractivity contribution >= 4 is 23.4 Å². The van der Waals surface area contributed by atoms with E-state index >= 15 is 0 Å². The van der Waals surface area contributed by atoms with Crippen LogP contribution in [0.3, 0.4) is 0 Å². The first-order valence-electron chi connectivity index (χ1n) is 5.29. The van der Waals surface area contributed by atoms with E-state index in [1.807, 2.05) is 19.1 Å². The molecular formula is C11H16N4S. The van der Waals surface area contributed by atoms with E-state index in [0.717, 1.165) is 34.7 Å². The molecule has 16 heavy (non-hydrogen) atoms. The summed E-state index contributed by atoms with van der Waals surface area (Å²) in [6.07, 6.45) is 0. The van der Waals surface area contributed by atoms with Crippen LogP contribution in [-0.4, -0.2) is 40.1 Å². The van der Waals surface area contributed by atoms with Gasteiger partial charge >= 0.3 is 0 Å². The third kappa shape index (κ3) is 2.15. The van der Waals surface area contributed by atoms with Crippen LogP contribution in [-0.2, 0) is 6.54 Å². The molecule has 0 unspecified atom stereocenters. The van der Waals surface area contributed by atoms with E-state index in [2.05, 4.69) is 33.5 Å². The molecular weight excluding hydrogens is 220 g/mol. The predicted octanol–water partition coefficient (Wildman–Crippen LogP) is 1.96. The molecule has 5 heteroatoms. The number of likely N-dealkylation sites (N-methyl/N-ethyl adjacent to an activating group) is 1. The van der Waals surface area contributed by atoms with Crippen LogP contribution in [0.1, 0.15) is 5.69 Å². The summed E-state index contributed by atoms with van der Waals surface area (Å²) in [7, 11) is 4.11. The molecule has 1 N–H and O–H groups in total. The molecule has 0 saturated heterocycles. The van der Waals surface area contributed by atoms with Crippen LogP contribution >= 0.6 is 12.2 Å². The minimum atomic E-state index is 0.745. The Morgan fingerprint density at radius 3 is 2.88 bits per heavy atom.